The highest BCUT2D eigenvalue weighted by atomic mass is 16.7. The van der Waals surface area contributed by atoms with Crippen LogP contribution in [0.2, 0.25) is 0 Å². The van der Waals surface area contributed by atoms with E-state index in [1.54, 1.807) is 0 Å². The zero-order chi connectivity index (χ0) is 20.1. The molecule has 1 atom stereocenters. The van der Waals surface area contributed by atoms with E-state index in [9.17, 15) is 14.9 Å². The minimum absolute atomic E-state index is 0.0196. The zero-order valence-corrected chi connectivity index (χ0v) is 15.7. The topological polar surface area (TPSA) is 95.1 Å². The summed E-state index contributed by atoms with van der Waals surface area (Å²) in [6.07, 6.45) is 2.71. The van der Waals surface area contributed by atoms with E-state index in [2.05, 4.69) is 5.32 Å². The normalized spacial score (nSPS) is 13.7. The predicted molar refractivity (Wildman–Crippen MR) is 103 cm³/mol. The number of hydrogen-bond acceptors (Lipinski definition) is 5. The molecule has 2 aromatic rings. The molecule has 2 aromatic carbocycles. The number of quaternary nitrogens is 1. The van der Waals surface area contributed by atoms with Gasteiger partial charge in [-0.3, -0.25) is 14.9 Å². The zero-order valence-electron chi connectivity index (χ0n) is 15.7. The molecule has 0 unspecified atom stereocenters. The van der Waals surface area contributed by atoms with E-state index in [0.717, 1.165) is 5.56 Å². The summed E-state index contributed by atoms with van der Waals surface area (Å²) in [5, 5.41) is 14.3. The first-order valence-corrected chi connectivity index (χ1v) is 8.84. The summed E-state index contributed by atoms with van der Waals surface area (Å²) >= 11 is 0. The van der Waals surface area contributed by atoms with Gasteiger partial charge in [0.15, 0.2) is 11.5 Å². The molecule has 0 saturated heterocycles. The number of nitrogens with one attached hydrogen (secondary N) is 2. The van der Waals surface area contributed by atoms with Crippen molar-refractivity contribution in [2.45, 2.75) is 6.04 Å². The van der Waals surface area contributed by atoms with Gasteiger partial charge in [-0.1, -0.05) is 30.3 Å². The van der Waals surface area contributed by atoms with E-state index >= 15 is 0 Å². The molecule has 8 nitrogen and oxygen atoms in total. The molecule has 28 heavy (non-hydrogen) atoms. The number of ether oxygens (including phenoxy) is 2. The molecule has 8 heteroatoms. The van der Waals surface area contributed by atoms with Gasteiger partial charge in [-0.15, -0.1) is 0 Å². The highest BCUT2D eigenvalue weighted by Crippen LogP contribution is 2.38. The number of nitrogens with zero attached hydrogens (tertiary/aromatic N) is 1. The Kier molecular flexibility index (Phi) is 5.90. The van der Waals surface area contributed by atoms with E-state index < -0.39 is 4.92 Å². The van der Waals surface area contributed by atoms with E-state index in [0.29, 0.717) is 18.0 Å². The number of carbonyl (C=O) groups excluding carboxylic acids is 1. The minimum atomic E-state index is -0.512. The van der Waals surface area contributed by atoms with Crippen LogP contribution in [0.1, 0.15) is 17.2 Å². The van der Waals surface area contributed by atoms with Gasteiger partial charge in [-0.05, 0) is 17.7 Å². The molecule has 2 N–H and O–H groups in total. The van der Waals surface area contributed by atoms with Crippen molar-refractivity contribution in [3.63, 3.8) is 0 Å². The smallest absolute Gasteiger partial charge is 0.280 e. The van der Waals surface area contributed by atoms with Gasteiger partial charge in [0.1, 0.15) is 12.6 Å². The second kappa shape index (κ2) is 8.53. The molecule has 0 radical (unpaired) electrons. The third-order valence-corrected chi connectivity index (χ3v) is 4.26. The number of nitro benzene ring substituents is 1. The van der Waals surface area contributed by atoms with E-state index in [1.165, 1.54) is 29.2 Å². The molecular formula is C20H22N3O5+. The first kappa shape index (κ1) is 19.4. The Bertz CT molecular complexity index is 896. The third kappa shape index (κ3) is 4.66. The average Bonchev–Trinajstić information content (AvgIpc) is 3.12. The lowest BCUT2D eigenvalue weighted by atomic mass is 10.1. The average molecular weight is 384 g/mol. The van der Waals surface area contributed by atoms with Gasteiger partial charge in [0, 0.05) is 6.08 Å². The Labute approximate surface area is 162 Å². The molecule has 3 rings (SSSR count). The number of amides is 1. The molecule has 0 spiro atoms. The van der Waals surface area contributed by atoms with Crippen LogP contribution in [0.25, 0.3) is 6.08 Å². The molecular weight excluding hydrogens is 362 g/mol. The molecule has 1 amide bonds. The summed E-state index contributed by atoms with van der Waals surface area (Å²) in [4.78, 5) is 24.5. The largest absolute Gasteiger partial charge is 0.454 e. The standard InChI is InChI=1S/C20H21N3O5/c1-22(2)12-16(14-6-4-3-5-7-14)21-20(24)9-8-15-10-18-19(28-13-27-18)11-17(15)23(25)26/h3-11,16H,12-13H2,1-2H3,(H,21,24)/p+1/b9-8+/t16-/m1/s1. The molecule has 1 aliphatic rings. The van der Waals surface area contributed by atoms with Gasteiger partial charge in [-0.2, -0.15) is 0 Å². The highest BCUT2D eigenvalue weighted by molar-refractivity contribution is 5.92. The fraction of sp³-hybridized carbons (Fsp3) is 0.250. The highest BCUT2D eigenvalue weighted by Gasteiger charge is 2.22. The lowest BCUT2D eigenvalue weighted by molar-refractivity contribution is -0.860. The van der Waals surface area contributed by atoms with Crippen LogP contribution in [-0.2, 0) is 4.79 Å². The van der Waals surface area contributed by atoms with E-state index in [-0.39, 0.29) is 30.0 Å². The molecule has 0 bridgehead atoms. The number of carbonyl (C=O) groups is 1. The predicted octanol–water partition coefficient (Wildman–Crippen LogP) is 1.34. The Balaban J connectivity index is 1.78. The van der Waals surface area contributed by atoms with E-state index in [1.807, 2.05) is 44.4 Å². The van der Waals surface area contributed by atoms with Crippen molar-refractivity contribution in [3.8, 4) is 11.5 Å². The first-order valence-electron chi connectivity index (χ1n) is 8.84. The van der Waals surface area contributed by atoms with Crippen molar-refractivity contribution >= 4 is 17.7 Å². The second-order valence-corrected chi connectivity index (χ2v) is 6.74. The number of nitro groups is 1. The van der Waals surface area contributed by atoms with Gasteiger partial charge >= 0.3 is 0 Å². The lowest BCUT2D eigenvalue weighted by Gasteiger charge is -2.20. The molecule has 146 valence electrons. The van der Waals surface area contributed by atoms with Crippen molar-refractivity contribution in [3.05, 3.63) is 69.8 Å². The maximum atomic E-state index is 12.5. The van der Waals surface area contributed by atoms with Gasteiger partial charge in [-0.25, -0.2) is 0 Å². The molecule has 0 aromatic heterocycles. The van der Waals surface area contributed by atoms with Gasteiger partial charge in [0.25, 0.3) is 5.69 Å². The molecule has 0 saturated carbocycles. The molecule has 1 heterocycles. The second-order valence-electron chi connectivity index (χ2n) is 6.74. The van der Waals surface area contributed by atoms with E-state index in [4.69, 9.17) is 9.47 Å². The summed E-state index contributed by atoms with van der Waals surface area (Å²) in [5.41, 5.74) is 1.13. The molecule has 0 aliphatic carbocycles. The number of hydrogen-bond donors (Lipinski definition) is 2. The lowest BCUT2D eigenvalue weighted by Crippen LogP contribution is -3.06. The summed E-state index contributed by atoms with van der Waals surface area (Å²) in [6.45, 7) is 0.722. The first-order chi connectivity index (χ1) is 13.4. The van der Waals surface area contributed by atoms with Crippen LogP contribution >= 0.6 is 0 Å². The van der Waals surface area contributed by atoms with Crippen LogP contribution < -0.4 is 19.7 Å². The number of rotatable bonds is 7. The number of likely N-dealkylation sites (N-methyl/N-ethyl adjacent to an activating group) is 1. The summed E-state index contributed by atoms with van der Waals surface area (Å²) in [7, 11) is 4.02. The van der Waals surface area contributed by atoms with Crippen LogP contribution in [0, 0.1) is 10.1 Å². The van der Waals surface area contributed by atoms with Crippen LogP contribution in [0.15, 0.2) is 48.5 Å². The number of fused-ring (bicyclic) bond motifs is 1. The summed E-state index contributed by atoms with van der Waals surface area (Å²) < 4.78 is 10.4. The number of benzene rings is 2. The van der Waals surface area contributed by atoms with Crippen LogP contribution in [0.3, 0.4) is 0 Å². The molecule has 0 fully saturated rings. The van der Waals surface area contributed by atoms with Crippen molar-refractivity contribution in [1.29, 1.82) is 0 Å². The fourth-order valence-corrected chi connectivity index (χ4v) is 2.97. The maximum Gasteiger partial charge on any atom is 0.280 e. The van der Waals surface area contributed by atoms with Crippen molar-refractivity contribution in [2.24, 2.45) is 0 Å². The van der Waals surface area contributed by atoms with Gasteiger partial charge in [0.05, 0.1) is 30.6 Å². The van der Waals surface area contributed by atoms with Crippen molar-refractivity contribution < 1.29 is 24.1 Å². The minimum Gasteiger partial charge on any atom is -0.454 e. The quantitative estimate of drug-likeness (QED) is 0.427. The van der Waals surface area contributed by atoms with Crippen LogP contribution in [0.4, 0.5) is 5.69 Å². The Morgan fingerprint density at radius 2 is 1.93 bits per heavy atom. The summed E-state index contributed by atoms with van der Waals surface area (Å²) in [5.74, 6) is 0.414. The third-order valence-electron chi connectivity index (χ3n) is 4.26. The Morgan fingerprint density at radius 1 is 1.25 bits per heavy atom. The van der Waals surface area contributed by atoms with Gasteiger partial charge < -0.3 is 19.7 Å². The van der Waals surface area contributed by atoms with Gasteiger partial charge in [0.2, 0.25) is 12.7 Å². The maximum absolute atomic E-state index is 12.5. The Hall–Kier alpha value is -3.39. The van der Waals surface area contributed by atoms with Crippen molar-refractivity contribution in [2.75, 3.05) is 27.4 Å². The molecule has 1 aliphatic heterocycles. The fourth-order valence-electron chi connectivity index (χ4n) is 2.97. The Morgan fingerprint density at radius 3 is 2.57 bits per heavy atom. The van der Waals surface area contributed by atoms with Crippen LogP contribution in [-0.4, -0.2) is 38.3 Å². The van der Waals surface area contributed by atoms with Crippen LogP contribution in [0.5, 0.6) is 11.5 Å². The monoisotopic (exact) mass is 384 g/mol. The summed E-state index contributed by atoms with van der Waals surface area (Å²) in [6, 6.07) is 12.3. The SMILES string of the molecule is C[NH+](C)C[C@@H](NC(=O)/C=C/c1cc2c(cc1[N+](=O)[O-])OCO2)c1ccccc1. The van der Waals surface area contributed by atoms with Crippen molar-refractivity contribution in [1.82, 2.24) is 5.32 Å².